The lowest BCUT2D eigenvalue weighted by Crippen LogP contribution is -2.41. The molecule has 8 heteroatoms. The van der Waals surface area contributed by atoms with Gasteiger partial charge >= 0.3 is 6.03 Å². The zero-order valence-corrected chi connectivity index (χ0v) is 17.1. The maximum atomic E-state index is 12.5. The maximum absolute atomic E-state index is 12.5. The molecule has 2 heterocycles. The van der Waals surface area contributed by atoms with E-state index in [0.717, 1.165) is 27.0 Å². The van der Waals surface area contributed by atoms with Crippen LogP contribution in [0.25, 0.3) is 0 Å². The number of rotatable bonds is 4. The number of hydrogen-bond donors (Lipinski definition) is 2. The van der Waals surface area contributed by atoms with Crippen LogP contribution in [-0.4, -0.2) is 33.7 Å². The van der Waals surface area contributed by atoms with Gasteiger partial charge in [-0.2, -0.15) is 5.10 Å². The molecule has 0 unspecified atom stereocenters. The number of hydrogen-bond acceptors (Lipinski definition) is 5. The van der Waals surface area contributed by atoms with Gasteiger partial charge in [0.15, 0.2) is 0 Å². The second-order valence-corrected chi connectivity index (χ2v) is 7.46. The van der Waals surface area contributed by atoms with E-state index in [9.17, 15) is 4.79 Å². The molecule has 0 bridgehead atoms. The SMILES string of the molecule is O=C(N/N=C/c1ccccc1)N1CCc2ncnc(Nc3cccc(Br)c3)c2C1. The highest BCUT2D eigenvalue weighted by molar-refractivity contribution is 9.10. The van der Waals surface area contributed by atoms with Crippen molar-refractivity contribution in [3.8, 4) is 0 Å². The van der Waals surface area contributed by atoms with Gasteiger partial charge in [0, 0.05) is 28.7 Å². The van der Waals surface area contributed by atoms with Crippen LogP contribution in [0.15, 0.2) is 70.5 Å². The van der Waals surface area contributed by atoms with E-state index in [1.54, 1.807) is 17.4 Å². The van der Waals surface area contributed by atoms with Crippen LogP contribution in [0.2, 0.25) is 0 Å². The molecule has 29 heavy (non-hydrogen) atoms. The van der Waals surface area contributed by atoms with Gasteiger partial charge in [-0.3, -0.25) is 0 Å². The Labute approximate surface area is 177 Å². The summed E-state index contributed by atoms with van der Waals surface area (Å²) in [5.74, 6) is 0.707. The summed E-state index contributed by atoms with van der Waals surface area (Å²) >= 11 is 3.47. The Bertz CT molecular complexity index is 1040. The van der Waals surface area contributed by atoms with E-state index in [4.69, 9.17) is 0 Å². The zero-order chi connectivity index (χ0) is 20.1. The van der Waals surface area contributed by atoms with Crippen LogP contribution in [-0.2, 0) is 13.0 Å². The summed E-state index contributed by atoms with van der Waals surface area (Å²) in [7, 11) is 0. The monoisotopic (exact) mass is 450 g/mol. The predicted octanol–water partition coefficient (Wildman–Crippen LogP) is 4.08. The van der Waals surface area contributed by atoms with Crippen molar-refractivity contribution >= 4 is 39.7 Å². The molecule has 2 aromatic carbocycles. The summed E-state index contributed by atoms with van der Waals surface area (Å²) in [6.45, 7) is 0.992. The van der Waals surface area contributed by atoms with Crippen molar-refractivity contribution < 1.29 is 4.79 Å². The van der Waals surface area contributed by atoms with Gasteiger partial charge in [-0.05, 0) is 23.8 Å². The van der Waals surface area contributed by atoms with Gasteiger partial charge in [0.25, 0.3) is 0 Å². The van der Waals surface area contributed by atoms with Crippen molar-refractivity contribution in [3.63, 3.8) is 0 Å². The number of halogens is 1. The third-order valence-corrected chi connectivity index (χ3v) is 5.04. The van der Waals surface area contributed by atoms with Crippen LogP contribution in [0.4, 0.5) is 16.3 Å². The van der Waals surface area contributed by atoms with E-state index >= 15 is 0 Å². The Morgan fingerprint density at radius 1 is 1.14 bits per heavy atom. The fourth-order valence-electron chi connectivity index (χ4n) is 3.10. The lowest BCUT2D eigenvalue weighted by molar-refractivity contribution is 0.192. The van der Waals surface area contributed by atoms with Crippen LogP contribution in [0.1, 0.15) is 16.8 Å². The first kappa shape index (κ1) is 19.1. The topological polar surface area (TPSA) is 82.5 Å². The number of nitrogens with one attached hydrogen (secondary N) is 2. The number of fused-ring (bicyclic) bond motifs is 1. The second-order valence-electron chi connectivity index (χ2n) is 6.54. The van der Waals surface area contributed by atoms with Crippen molar-refractivity contribution in [1.82, 2.24) is 20.3 Å². The molecule has 3 aromatic rings. The average Bonchev–Trinajstić information content (AvgIpc) is 2.74. The number of carbonyl (C=O) groups excluding carboxylic acids is 1. The molecule has 0 aliphatic carbocycles. The summed E-state index contributed by atoms with van der Waals surface area (Å²) in [5, 5.41) is 7.38. The van der Waals surface area contributed by atoms with Gasteiger partial charge in [0.2, 0.25) is 0 Å². The first-order chi connectivity index (χ1) is 14.2. The third-order valence-electron chi connectivity index (χ3n) is 4.55. The fourth-order valence-corrected chi connectivity index (χ4v) is 3.50. The van der Waals surface area contributed by atoms with Gasteiger partial charge in [-0.1, -0.05) is 52.3 Å². The van der Waals surface area contributed by atoms with Crippen molar-refractivity contribution in [1.29, 1.82) is 0 Å². The molecule has 1 aliphatic rings. The van der Waals surface area contributed by atoms with Crippen molar-refractivity contribution in [2.75, 3.05) is 11.9 Å². The Morgan fingerprint density at radius 3 is 2.83 bits per heavy atom. The molecule has 0 radical (unpaired) electrons. The zero-order valence-electron chi connectivity index (χ0n) is 15.5. The first-order valence-electron chi connectivity index (χ1n) is 9.17. The summed E-state index contributed by atoms with van der Waals surface area (Å²) in [6, 6.07) is 17.2. The van der Waals surface area contributed by atoms with E-state index < -0.39 is 0 Å². The van der Waals surface area contributed by atoms with E-state index in [0.29, 0.717) is 25.3 Å². The van der Waals surface area contributed by atoms with Gasteiger partial charge in [0.05, 0.1) is 18.5 Å². The molecule has 1 aliphatic heterocycles. The number of benzene rings is 2. The molecule has 2 N–H and O–H groups in total. The molecule has 146 valence electrons. The highest BCUT2D eigenvalue weighted by Gasteiger charge is 2.24. The van der Waals surface area contributed by atoms with Gasteiger partial charge < -0.3 is 10.2 Å². The van der Waals surface area contributed by atoms with Crippen LogP contribution >= 0.6 is 15.9 Å². The summed E-state index contributed by atoms with van der Waals surface area (Å²) in [4.78, 5) is 23.0. The number of carbonyl (C=O) groups is 1. The van der Waals surface area contributed by atoms with Gasteiger partial charge in [-0.25, -0.2) is 20.2 Å². The molecule has 0 saturated heterocycles. The molecule has 4 rings (SSSR count). The summed E-state index contributed by atoms with van der Waals surface area (Å²) in [6.07, 6.45) is 3.85. The summed E-state index contributed by atoms with van der Waals surface area (Å²) < 4.78 is 0.975. The van der Waals surface area contributed by atoms with Crippen molar-refractivity contribution in [2.45, 2.75) is 13.0 Å². The minimum Gasteiger partial charge on any atom is -0.340 e. The Kier molecular flexibility index (Phi) is 5.81. The van der Waals surface area contributed by atoms with Crippen LogP contribution in [0, 0.1) is 0 Å². The van der Waals surface area contributed by atoms with E-state index in [-0.39, 0.29) is 6.03 Å². The van der Waals surface area contributed by atoms with Crippen LogP contribution in [0.3, 0.4) is 0 Å². The van der Waals surface area contributed by atoms with Crippen molar-refractivity contribution in [3.05, 3.63) is 82.2 Å². The van der Waals surface area contributed by atoms with E-state index in [2.05, 4.69) is 41.7 Å². The maximum Gasteiger partial charge on any atom is 0.338 e. The molecule has 1 aromatic heterocycles. The fraction of sp³-hybridized carbons (Fsp3) is 0.143. The minimum atomic E-state index is -0.250. The molecular weight excluding hydrogens is 432 g/mol. The van der Waals surface area contributed by atoms with Gasteiger partial charge in [-0.15, -0.1) is 0 Å². The quantitative estimate of drug-likeness (QED) is 0.463. The number of amides is 2. The Morgan fingerprint density at radius 2 is 2.00 bits per heavy atom. The van der Waals surface area contributed by atoms with E-state index in [1.807, 2.05) is 54.6 Å². The Balaban J connectivity index is 1.46. The molecular formula is C21H19BrN6O. The van der Waals surface area contributed by atoms with Gasteiger partial charge in [0.1, 0.15) is 12.1 Å². The molecule has 2 amide bonds. The lowest BCUT2D eigenvalue weighted by Gasteiger charge is -2.28. The minimum absolute atomic E-state index is 0.250. The number of nitrogens with zero attached hydrogens (tertiary/aromatic N) is 4. The first-order valence-corrected chi connectivity index (χ1v) is 9.97. The third kappa shape index (κ3) is 4.78. The lowest BCUT2D eigenvalue weighted by atomic mass is 10.1. The normalized spacial score (nSPS) is 13.2. The predicted molar refractivity (Wildman–Crippen MR) is 116 cm³/mol. The smallest absolute Gasteiger partial charge is 0.338 e. The standard InChI is InChI=1S/C21H19BrN6O/c22-16-7-4-8-17(11-16)26-20-18-13-28(10-9-19(18)23-14-24-20)21(29)27-25-12-15-5-2-1-3-6-15/h1-8,11-12,14H,9-10,13H2,(H,27,29)(H,23,24,26)/b25-12+. The molecule has 7 nitrogen and oxygen atoms in total. The van der Waals surface area contributed by atoms with Crippen molar-refractivity contribution in [2.24, 2.45) is 5.10 Å². The second kappa shape index (κ2) is 8.83. The highest BCUT2D eigenvalue weighted by Crippen LogP contribution is 2.26. The largest absolute Gasteiger partial charge is 0.340 e. The summed E-state index contributed by atoms with van der Waals surface area (Å²) in [5.41, 5.74) is 6.30. The van der Waals surface area contributed by atoms with Crippen LogP contribution < -0.4 is 10.7 Å². The Hall–Kier alpha value is -3.26. The number of anilines is 2. The average molecular weight is 451 g/mol. The number of urea groups is 1. The molecule has 0 fully saturated rings. The molecule has 0 saturated carbocycles. The molecule has 0 atom stereocenters. The van der Waals surface area contributed by atoms with E-state index in [1.165, 1.54) is 0 Å². The molecule has 0 spiro atoms. The van der Waals surface area contributed by atoms with Crippen LogP contribution in [0.5, 0.6) is 0 Å². The number of hydrazone groups is 1. The highest BCUT2D eigenvalue weighted by atomic mass is 79.9. The number of aromatic nitrogens is 2.